The third-order valence-corrected chi connectivity index (χ3v) is 5.75. The quantitative estimate of drug-likeness (QED) is 0.252. The van der Waals surface area contributed by atoms with Crippen molar-refractivity contribution in [3.8, 4) is 0 Å². The minimum absolute atomic E-state index is 0.174. The van der Waals surface area contributed by atoms with Crippen molar-refractivity contribution in [2.24, 2.45) is 0 Å². The molecule has 0 radical (unpaired) electrons. The van der Waals surface area contributed by atoms with Gasteiger partial charge in [0.15, 0.2) is 0 Å². The van der Waals surface area contributed by atoms with Gasteiger partial charge in [0.05, 0.1) is 31.0 Å². The number of aryl methyl sites for hydroxylation is 1. The van der Waals surface area contributed by atoms with E-state index >= 15 is 0 Å². The number of aliphatic hydroxyl groups is 4. The summed E-state index contributed by atoms with van der Waals surface area (Å²) < 4.78 is 13.1. The minimum atomic E-state index is -0.842. The van der Waals surface area contributed by atoms with E-state index in [0.717, 1.165) is 0 Å². The summed E-state index contributed by atoms with van der Waals surface area (Å²) in [4.78, 5) is 50.1. The van der Waals surface area contributed by atoms with E-state index in [1.165, 1.54) is 27.6 Å². The molecule has 0 saturated carbocycles. The van der Waals surface area contributed by atoms with Gasteiger partial charge in [0.25, 0.3) is 11.1 Å². The normalized spacial score (nSPS) is 27.9. The van der Waals surface area contributed by atoms with Gasteiger partial charge in [0.2, 0.25) is 0 Å². The first-order valence-corrected chi connectivity index (χ1v) is 10.8. The fourth-order valence-corrected chi connectivity index (χ4v) is 3.76. The molecule has 2 aromatic heterocycles. The number of ether oxygens (including phenoxy) is 2. The average molecular weight is 496 g/mol. The van der Waals surface area contributed by atoms with Crippen LogP contribution in [0, 0.1) is 6.92 Å². The number of rotatable bonds is 5. The van der Waals surface area contributed by atoms with E-state index in [-0.39, 0.29) is 31.6 Å². The molecule has 0 aromatic carbocycles. The van der Waals surface area contributed by atoms with Crippen molar-refractivity contribution in [3.63, 3.8) is 0 Å². The van der Waals surface area contributed by atoms with Crippen LogP contribution in [0.2, 0.25) is 0 Å². The Labute approximate surface area is 197 Å². The summed E-state index contributed by atoms with van der Waals surface area (Å²) in [7, 11) is 0. The lowest BCUT2D eigenvalue weighted by Gasteiger charge is -2.14. The van der Waals surface area contributed by atoms with E-state index in [4.69, 9.17) is 19.7 Å². The fraction of sp³-hybridized carbons (Fsp3) is 0.524. The topological polar surface area (TPSA) is 209 Å². The Morgan fingerprint density at radius 3 is 1.80 bits per heavy atom. The number of H-pyrrole nitrogens is 2. The molecule has 0 amide bonds. The molecule has 0 bridgehead atoms. The predicted molar refractivity (Wildman–Crippen MR) is 121 cm³/mol. The maximum Gasteiger partial charge on any atom is 0.330 e. The smallest absolute Gasteiger partial charge is 0.330 e. The molecule has 2 aliphatic rings. The van der Waals surface area contributed by atoms with Crippen molar-refractivity contribution in [2.75, 3.05) is 13.2 Å². The Morgan fingerprint density at radius 2 is 1.37 bits per heavy atom. The van der Waals surface area contributed by atoms with Crippen LogP contribution in [0.3, 0.4) is 0 Å². The molecule has 0 aliphatic carbocycles. The van der Waals surface area contributed by atoms with Gasteiger partial charge in [-0.3, -0.25) is 28.7 Å². The van der Waals surface area contributed by atoms with Crippen LogP contribution < -0.4 is 22.5 Å². The molecule has 14 nitrogen and oxygen atoms in total. The maximum atomic E-state index is 11.6. The Kier molecular flexibility index (Phi) is 8.37. The first-order chi connectivity index (χ1) is 16.6. The summed E-state index contributed by atoms with van der Waals surface area (Å²) in [5.41, 5.74) is -1.56. The molecule has 6 atom stereocenters. The van der Waals surface area contributed by atoms with Crippen LogP contribution in [0.1, 0.15) is 36.4 Å². The standard InChI is InChI=1S/C11H14N2O5.C10H14N2O5/c1-2-6-4-13(11(17)12-10(6)16)9-3-7(15)8(5-14)18-9;1-5-3-12(10(16)11-9(5)15)8-2-6(14)7(4-13)17-8/h2,4,7-9,14-15H,1,3,5H2,(H,12,16,17);3,6-8,13-14H,2,4H2,1H3,(H,11,15,16)/t7-,8+,9+;6-,7+,8+/m00/s1. The van der Waals surface area contributed by atoms with Gasteiger partial charge in [-0.1, -0.05) is 12.7 Å². The van der Waals surface area contributed by atoms with Crippen molar-refractivity contribution < 1.29 is 29.9 Å². The molecule has 4 heterocycles. The van der Waals surface area contributed by atoms with Crippen LogP contribution >= 0.6 is 0 Å². The monoisotopic (exact) mass is 496 g/mol. The second kappa shape index (κ2) is 11.1. The van der Waals surface area contributed by atoms with Crippen LogP contribution in [0.5, 0.6) is 0 Å². The van der Waals surface area contributed by atoms with Gasteiger partial charge in [-0.05, 0) is 6.92 Å². The number of nitrogens with one attached hydrogen (secondary N) is 2. The summed E-state index contributed by atoms with van der Waals surface area (Å²) >= 11 is 0. The molecular weight excluding hydrogens is 468 g/mol. The SMILES string of the molecule is C=Cc1cn([C@H]2C[C@H](O)[C@@H](CO)O2)c(=O)[nH]c1=O.Cc1cn([C@H]2C[C@H](O)[C@@H](CO)O2)c(=O)[nH]c1=O. The van der Waals surface area contributed by atoms with Crippen molar-refractivity contribution in [1.29, 1.82) is 0 Å². The highest BCUT2D eigenvalue weighted by Crippen LogP contribution is 2.28. The van der Waals surface area contributed by atoms with Crippen LogP contribution in [0.25, 0.3) is 6.08 Å². The zero-order valence-corrected chi connectivity index (χ0v) is 18.9. The zero-order valence-electron chi connectivity index (χ0n) is 18.9. The molecule has 14 heteroatoms. The molecule has 0 unspecified atom stereocenters. The highest BCUT2D eigenvalue weighted by atomic mass is 16.5. The van der Waals surface area contributed by atoms with Crippen molar-refractivity contribution >= 4 is 6.08 Å². The van der Waals surface area contributed by atoms with Gasteiger partial charge in [0.1, 0.15) is 24.7 Å². The number of nitrogens with zero attached hydrogens (tertiary/aromatic N) is 2. The molecule has 0 spiro atoms. The van der Waals surface area contributed by atoms with Crippen LogP contribution in [-0.4, -0.2) is 77.2 Å². The van der Waals surface area contributed by atoms with Gasteiger partial charge >= 0.3 is 11.4 Å². The zero-order chi connectivity index (χ0) is 25.9. The fourth-order valence-electron chi connectivity index (χ4n) is 3.76. The lowest BCUT2D eigenvalue weighted by molar-refractivity contribution is -0.0459. The highest BCUT2D eigenvalue weighted by Gasteiger charge is 2.36. The Morgan fingerprint density at radius 1 is 0.914 bits per heavy atom. The van der Waals surface area contributed by atoms with Crippen LogP contribution in [0.4, 0.5) is 0 Å². The molecule has 35 heavy (non-hydrogen) atoms. The number of aliphatic hydroxyl groups excluding tert-OH is 4. The van der Waals surface area contributed by atoms with Crippen molar-refractivity contribution in [1.82, 2.24) is 19.1 Å². The molecule has 2 fully saturated rings. The molecule has 2 saturated heterocycles. The molecular formula is C21H28N4O10. The largest absolute Gasteiger partial charge is 0.394 e. The highest BCUT2D eigenvalue weighted by molar-refractivity contribution is 5.43. The van der Waals surface area contributed by atoms with Gasteiger partial charge in [-0.2, -0.15) is 0 Å². The first kappa shape index (κ1) is 26.5. The third kappa shape index (κ3) is 5.75. The van der Waals surface area contributed by atoms with Gasteiger partial charge in [-0.15, -0.1) is 0 Å². The lowest BCUT2D eigenvalue weighted by atomic mass is 10.2. The summed E-state index contributed by atoms with van der Waals surface area (Å²) in [6, 6.07) is 0. The van der Waals surface area contributed by atoms with E-state index in [1.807, 2.05) is 0 Å². The van der Waals surface area contributed by atoms with E-state index in [1.54, 1.807) is 6.92 Å². The third-order valence-electron chi connectivity index (χ3n) is 5.75. The average Bonchev–Trinajstić information content (AvgIpc) is 3.38. The Bertz CT molecular complexity index is 1280. The Balaban J connectivity index is 0.000000196. The van der Waals surface area contributed by atoms with E-state index in [0.29, 0.717) is 5.56 Å². The lowest BCUT2D eigenvalue weighted by Crippen LogP contribution is -2.33. The maximum absolute atomic E-state index is 11.6. The van der Waals surface area contributed by atoms with Crippen molar-refractivity contribution in [3.05, 3.63) is 71.8 Å². The summed E-state index contributed by atoms with van der Waals surface area (Å²) in [6.07, 6.45) is -0.0295. The van der Waals surface area contributed by atoms with Crippen LogP contribution in [0.15, 0.2) is 38.2 Å². The van der Waals surface area contributed by atoms with E-state index < -0.39 is 59.4 Å². The minimum Gasteiger partial charge on any atom is -0.394 e. The number of aromatic amines is 2. The summed E-state index contributed by atoms with van der Waals surface area (Å²) in [5, 5.41) is 37.1. The molecule has 192 valence electrons. The van der Waals surface area contributed by atoms with Gasteiger partial charge in [-0.25, -0.2) is 9.59 Å². The summed E-state index contributed by atoms with van der Waals surface area (Å²) in [6.45, 7) is 4.40. The van der Waals surface area contributed by atoms with E-state index in [2.05, 4.69) is 16.5 Å². The second-order valence-corrected chi connectivity index (χ2v) is 8.16. The summed E-state index contributed by atoms with van der Waals surface area (Å²) in [5.74, 6) is 0. The second-order valence-electron chi connectivity index (χ2n) is 8.16. The van der Waals surface area contributed by atoms with Crippen LogP contribution in [-0.2, 0) is 9.47 Å². The van der Waals surface area contributed by atoms with E-state index in [9.17, 15) is 29.4 Å². The van der Waals surface area contributed by atoms with Gasteiger partial charge < -0.3 is 29.9 Å². The molecule has 6 N–H and O–H groups in total. The molecule has 4 rings (SSSR count). The van der Waals surface area contributed by atoms with Gasteiger partial charge in [0, 0.05) is 30.8 Å². The number of hydrogen-bond donors (Lipinski definition) is 6. The first-order valence-electron chi connectivity index (χ1n) is 10.8. The Hall–Kier alpha value is -3.14. The van der Waals surface area contributed by atoms with Crippen molar-refractivity contribution in [2.45, 2.75) is 56.6 Å². The molecule has 2 aliphatic heterocycles. The number of aromatic nitrogens is 4. The molecule has 2 aromatic rings. The number of hydrogen-bond acceptors (Lipinski definition) is 10. The predicted octanol–water partition coefficient (Wildman–Crippen LogP) is -2.69.